The molecular weight excluding hydrogens is 208 g/mol. The predicted octanol–water partition coefficient (Wildman–Crippen LogP) is 1.42. The van der Waals surface area contributed by atoms with Gasteiger partial charge in [-0.15, -0.1) is 0 Å². The first-order valence-electron chi connectivity index (χ1n) is 5.53. The van der Waals surface area contributed by atoms with Crippen LogP contribution in [0.4, 0.5) is 0 Å². The molecule has 1 aliphatic rings. The van der Waals surface area contributed by atoms with Gasteiger partial charge in [0.2, 0.25) is 0 Å². The minimum absolute atomic E-state index is 0.350. The van der Waals surface area contributed by atoms with E-state index in [1.54, 1.807) is 13.1 Å². The van der Waals surface area contributed by atoms with Crippen LogP contribution in [-0.2, 0) is 9.53 Å². The van der Waals surface area contributed by atoms with Crippen molar-refractivity contribution in [3.63, 3.8) is 0 Å². The van der Waals surface area contributed by atoms with E-state index in [1.165, 1.54) is 0 Å². The lowest BCUT2D eigenvalue weighted by molar-refractivity contribution is -0.138. The number of hydrogen-bond donors (Lipinski definition) is 1. The number of carboxylic acids is 1. The Kier molecular flexibility index (Phi) is 3.24. The lowest BCUT2D eigenvalue weighted by Gasteiger charge is -2.22. The maximum atomic E-state index is 10.8. The van der Waals surface area contributed by atoms with Crippen molar-refractivity contribution in [2.24, 2.45) is 0 Å². The predicted molar refractivity (Wildman–Crippen MR) is 57.4 cm³/mol. The van der Waals surface area contributed by atoms with Crippen LogP contribution in [0.1, 0.15) is 37.3 Å². The van der Waals surface area contributed by atoms with E-state index in [1.807, 2.05) is 10.9 Å². The normalized spacial score (nSPS) is 19.6. The van der Waals surface area contributed by atoms with Crippen LogP contribution in [0.15, 0.2) is 12.4 Å². The minimum atomic E-state index is -0.813. The first-order chi connectivity index (χ1) is 7.68. The van der Waals surface area contributed by atoms with Gasteiger partial charge in [-0.2, -0.15) is 5.10 Å². The van der Waals surface area contributed by atoms with Gasteiger partial charge in [0.1, 0.15) is 0 Å². The molecule has 0 aliphatic carbocycles. The van der Waals surface area contributed by atoms with Crippen LogP contribution >= 0.6 is 0 Å². The molecule has 5 nitrogen and oxygen atoms in total. The molecule has 0 aromatic carbocycles. The van der Waals surface area contributed by atoms with Gasteiger partial charge in [-0.3, -0.25) is 9.48 Å². The zero-order chi connectivity index (χ0) is 11.5. The molecule has 2 rings (SSSR count). The Hall–Kier alpha value is -1.36. The standard InChI is InChI=1S/C11H16N2O3/c1-8(11(14)15)9-6-12-13(7-9)10-2-4-16-5-3-10/h6-8,10H,2-5H2,1H3,(H,14,15). The van der Waals surface area contributed by atoms with Gasteiger partial charge in [-0.1, -0.05) is 0 Å². The van der Waals surface area contributed by atoms with Crippen molar-refractivity contribution in [3.8, 4) is 0 Å². The summed E-state index contributed by atoms with van der Waals surface area (Å²) in [5.74, 6) is -1.31. The topological polar surface area (TPSA) is 64.3 Å². The number of carboxylic acid groups (broad SMARTS) is 1. The maximum Gasteiger partial charge on any atom is 0.310 e. The SMILES string of the molecule is CC(C(=O)O)c1cnn(C2CCOCC2)c1. The fourth-order valence-electron chi connectivity index (χ4n) is 1.87. The highest BCUT2D eigenvalue weighted by Gasteiger charge is 2.20. The van der Waals surface area contributed by atoms with Crippen LogP contribution in [0.2, 0.25) is 0 Å². The summed E-state index contributed by atoms with van der Waals surface area (Å²) < 4.78 is 7.15. The maximum absolute atomic E-state index is 10.8. The Morgan fingerprint density at radius 1 is 1.62 bits per heavy atom. The summed E-state index contributed by atoms with van der Waals surface area (Å²) in [5.41, 5.74) is 0.763. The summed E-state index contributed by atoms with van der Waals surface area (Å²) in [5, 5.41) is 13.1. The van der Waals surface area contributed by atoms with Crippen LogP contribution in [0.3, 0.4) is 0 Å². The second-order valence-electron chi connectivity index (χ2n) is 4.16. The highest BCUT2D eigenvalue weighted by Crippen LogP contribution is 2.22. The molecule has 1 fully saturated rings. The van der Waals surface area contributed by atoms with Crippen LogP contribution in [0, 0.1) is 0 Å². The Bertz CT molecular complexity index is 369. The summed E-state index contributed by atoms with van der Waals surface area (Å²) in [4.78, 5) is 10.8. The molecule has 1 aliphatic heterocycles. The lowest BCUT2D eigenvalue weighted by atomic mass is 10.1. The first-order valence-corrected chi connectivity index (χ1v) is 5.53. The molecule has 1 N–H and O–H groups in total. The van der Waals surface area contributed by atoms with Crippen molar-refractivity contribution in [1.82, 2.24) is 9.78 Å². The third-order valence-corrected chi connectivity index (χ3v) is 3.06. The molecule has 88 valence electrons. The van der Waals surface area contributed by atoms with Crippen molar-refractivity contribution in [1.29, 1.82) is 0 Å². The van der Waals surface area contributed by atoms with Gasteiger partial charge in [-0.05, 0) is 19.8 Å². The van der Waals surface area contributed by atoms with Gasteiger partial charge in [0.15, 0.2) is 0 Å². The Labute approximate surface area is 94.0 Å². The van der Waals surface area contributed by atoms with E-state index in [2.05, 4.69) is 5.10 Å². The Morgan fingerprint density at radius 2 is 2.31 bits per heavy atom. The van der Waals surface area contributed by atoms with Crippen molar-refractivity contribution in [3.05, 3.63) is 18.0 Å². The average molecular weight is 224 g/mol. The minimum Gasteiger partial charge on any atom is -0.481 e. The summed E-state index contributed by atoms with van der Waals surface area (Å²) in [6.45, 7) is 3.19. The highest BCUT2D eigenvalue weighted by molar-refractivity contribution is 5.75. The highest BCUT2D eigenvalue weighted by atomic mass is 16.5. The molecule has 1 aromatic heterocycles. The van der Waals surface area contributed by atoms with Crippen molar-refractivity contribution < 1.29 is 14.6 Å². The van der Waals surface area contributed by atoms with Gasteiger partial charge in [0.05, 0.1) is 18.2 Å². The fraction of sp³-hybridized carbons (Fsp3) is 0.636. The molecule has 1 saturated heterocycles. The van der Waals surface area contributed by atoms with Gasteiger partial charge in [-0.25, -0.2) is 0 Å². The first kappa shape index (κ1) is 11.1. The second kappa shape index (κ2) is 4.65. The summed E-state index contributed by atoms with van der Waals surface area (Å²) in [7, 11) is 0. The van der Waals surface area contributed by atoms with E-state index in [4.69, 9.17) is 9.84 Å². The van der Waals surface area contributed by atoms with Gasteiger partial charge in [0, 0.05) is 25.0 Å². The number of carbonyl (C=O) groups is 1. The smallest absolute Gasteiger partial charge is 0.310 e. The zero-order valence-corrected chi connectivity index (χ0v) is 9.30. The van der Waals surface area contributed by atoms with E-state index in [0.29, 0.717) is 6.04 Å². The van der Waals surface area contributed by atoms with Gasteiger partial charge >= 0.3 is 5.97 Å². The number of aliphatic carboxylic acids is 1. The summed E-state index contributed by atoms with van der Waals surface area (Å²) in [6.07, 6.45) is 5.38. The van der Waals surface area contributed by atoms with Crippen LogP contribution in [0.25, 0.3) is 0 Å². The molecule has 0 amide bonds. The number of nitrogens with zero attached hydrogens (tertiary/aromatic N) is 2. The average Bonchev–Trinajstić information content (AvgIpc) is 2.78. The van der Waals surface area contributed by atoms with Crippen molar-refractivity contribution >= 4 is 5.97 Å². The molecule has 16 heavy (non-hydrogen) atoms. The largest absolute Gasteiger partial charge is 0.481 e. The molecule has 1 atom stereocenters. The molecule has 0 saturated carbocycles. The Morgan fingerprint density at radius 3 is 2.94 bits per heavy atom. The lowest BCUT2D eigenvalue weighted by Crippen LogP contribution is -2.19. The second-order valence-corrected chi connectivity index (χ2v) is 4.16. The number of ether oxygens (including phenoxy) is 1. The number of aromatic nitrogens is 2. The zero-order valence-electron chi connectivity index (χ0n) is 9.30. The van der Waals surface area contributed by atoms with Crippen molar-refractivity contribution in [2.45, 2.75) is 31.7 Å². The van der Waals surface area contributed by atoms with E-state index in [0.717, 1.165) is 31.6 Å². The molecule has 1 unspecified atom stereocenters. The monoisotopic (exact) mass is 224 g/mol. The van der Waals surface area contributed by atoms with Gasteiger partial charge in [0.25, 0.3) is 0 Å². The molecular formula is C11H16N2O3. The van der Waals surface area contributed by atoms with E-state index in [9.17, 15) is 4.79 Å². The van der Waals surface area contributed by atoms with E-state index >= 15 is 0 Å². The summed E-state index contributed by atoms with van der Waals surface area (Å²) in [6, 6.07) is 0.350. The van der Waals surface area contributed by atoms with Gasteiger partial charge < -0.3 is 9.84 Å². The third-order valence-electron chi connectivity index (χ3n) is 3.06. The molecule has 5 heteroatoms. The van der Waals surface area contributed by atoms with Crippen LogP contribution in [0.5, 0.6) is 0 Å². The number of rotatable bonds is 3. The van der Waals surface area contributed by atoms with Crippen LogP contribution in [-0.4, -0.2) is 34.1 Å². The quantitative estimate of drug-likeness (QED) is 0.843. The van der Waals surface area contributed by atoms with E-state index < -0.39 is 11.9 Å². The molecule has 0 spiro atoms. The Balaban J connectivity index is 2.09. The number of hydrogen-bond acceptors (Lipinski definition) is 3. The summed E-state index contributed by atoms with van der Waals surface area (Å²) >= 11 is 0. The molecule has 2 heterocycles. The molecule has 0 bridgehead atoms. The fourth-order valence-corrected chi connectivity index (χ4v) is 1.87. The van der Waals surface area contributed by atoms with E-state index in [-0.39, 0.29) is 0 Å². The van der Waals surface area contributed by atoms with Crippen molar-refractivity contribution in [2.75, 3.05) is 13.2 Å². The molecule has 1 aromatic rings. The third kappa shape index (κ3) is 2.24. The molecule has 0 radical (unpaired) electrons. The van der Waals surface area contributed by atoms with Crippen LogP contribution < -0.4 is 0 Å².